The Morgan fingerprint density at radius 2 is 1.89 bits per heavy atom. The molecule has 1 saturated heterocycles. The van der Waals surface area contributed by atoms with Gasteiger partial charge >= 0.3 is 0 Å². The fourth-order valence-electron chi connectivity index (χ4n) is 2.74. The molecule has 1 heterocycles. The van der Waals surface area contributed by atoms with Crippen LogP contribution in [0, 0.1) is 12.8 Å². The maximum atomic E-state index is 12.2. The molecular formula is C15H22N2O. The van der Waals surface area contributed by atoms with E-state index in [4.69, 9.17) is 0 Å². The van der Waals surface area contributed by atoms with Crippen LogP contribution in [0.3, 0.4) is 0 Å². The summed E-state index contributed by atoms with van der Waals surface area (Å²) >= 11 is 0. The van der Waals surface area contributed by atoms with Gasteiger partial charge in [0.15, 0.2) is 0 Å². The Morgan fingerprint density at radius 3 is 2.44 bits per heavy atom. The first-order chi connectivity index (χ1) is 8.72. The normalized spacial score (nSPS) is 18.3. The molecule has 0 spiro atoms. The van der Waals surface area contributed by atoms with Crippen LogP contribution in [-0.2, 0) is 4.79 Å². The highest BCUT2D eigenvalue weighted by atomic mass is 16.1. The van der Waals surface area contributed by atoms with E-state index >= 15 is 0 Å². The van der Waals surface area contributed by atoms with Gasteiger partial charge < -0.3 is 10.6 Å². The van der Waals surface area contributed by atoms with E-state index in [0.717, 1.165) is 31.5 Å². The first-order valence-electron chi connectivity index (χ1n) is 6.71. The minimum absolute atomic E-state index is 0.00213. The number of benzene rings is 1. The highest BCUT2D eigenvalue weighted by molar-refractivity contribution is 5.83. The number of hydrogen-bond acceptors (Lipinski definition) is 2. The number of nitrogens with one attached hydrogen (secondary N) is 2. The van der Waals surface area contributed by atoms with Crippen LogP contribution in [0.15, 0.2) is 24.3 Å². The number of carbonyl (C=O) groups excluding carboxylic acids is 1. The van der Waals surface area contributed by atoms with Crippen LogP contribution in [0.4, 0.5) is 0 Å². The Kier molecular flexibility index (Phi) is 4.37. The van der Waals surface area contributed by atoms with Gasteiger partial charge in [-0.05, 0) is 44.3 Å². The molecule has 2 N–H and O–H groups in total. The van der Waals surface area contributed by atoms with Crippen molar-refractivity contribution in [3.63, 3.8) is 0 Å². The van der Waals surface area contributed by atoms with Gasteiger partial charge in [-0.2, -0.15) is 0 Å². The third-order valence-corrected chi connectivity index (χ3v) is 3.82. The standard InChI is InChI=1S/C15H22N2O/c1-11-3-5-12(6-4-11)14(15(18)16-2)13-7-9-17-10-8-13/h3-6,13-14,17H,7-10H2,1-2H3,(H,16,18). The van der Waals surface area contributed by atoms with E-state index in [1.807, 2.05) is 0 Å². The molecule has 0 radical (unpaired) electrons. The number of piperidine rings is 1. The van der Waals surface area contributed by atoms with E-state index in [-0.39, 0.29) is 11.8 Å². The highest BCUT2D eigenvalue weighted by Gasteiger charge is 2.30. The van der Waals surface area contributed by atoms with Crippen molar-refractivity contribution in [2.24, 2.45) is 5.92 Å². The summed E-state index contributed by atoms with van der Waals surface area (Å²) in [7, 11) is 1.73. The van der Waals surface area contributed by atoms with Gasteiger partial charge in [0.25, 0.3) is 0 Å². The molecule has 3 heteroatoms. The minimum atomic E-state index is -0.00213. The van der Waals surface area contributed by atoms with Crippen molar-refractivity contribution in [1.82, 2.24) is 10.6 Å². The van der Waals surface area contributed by atoms with Crippen LogP contribution < -0.4 is 10.6 Å². The van der Waals surface area contributed by atoms with Crippen molar-refractivity contribution < 1.29 is 4.79 Å². The average molecular weight is 246 g/mol. The summed E-state index contributed by atoms with van der Waals surface area (Å²) < 4.78 is 0. The van der Waals surface area contributed by atoms with Crippen molar-refractivity contribution in [3.05, 3.63) is 35.4 Å². The number of aryl methyl sites for hydroxylation is 1. The molecule has 1 aromatic carbocycles. The average Bonchev–Trinajstić information content (AvgIpc) is 2.42. The Labute approximate surface area is 109 Å². The second-order valence-electron chi connectivity index (χ2n) is 5.09. The molecule has 1 unspecified atom stereocenters. The second-order valence-corrected chi connectivity index (χ2v) is 5.09. The lowest BCUT2D eigenvalue weighted by atomic mass is 9.79. The van der Waals surface area contributed by atoms with Gasteiger partial charge in [-0.15, -0.1) is 0 Å². The largest absolute Gasteiger partial charge is 0.359 e. The first kappa shape index (κ1) is 13.1. The van der Waals surface area contributed by atoms with Gasteiger partial charge in [-0.1, -0.05) is 29.8 Å². The Balaban J connectivity index is 2.23. The summed E-state index contributed by atoms with van der Waals surface area (Å²) in [6.45, 7) is 4.11. The third kappa shape index (κ3) is 2.91. The molecule has 0 aliphatic carbocycles. The molecule has 0 bridgehead atoms. The number of hydrogen-bond donors (Lipinski definition) is 2. The Hall–Kier alpha value is -1.35. The van der Waals surface area contributed by atoms with Crippen molar-refractivity contribution >= 4 is 5.91 Å². The van der Waals surface area contributed by atoms with Crippen LogP contribution in [0.1, 0.15) is 29.9 Å². The summed E-state index contributed by atoms with van der Waals surface area (Å²) in [5.74, 6) is 0.595. The summed E-state index contributed by atoms with van der Waals surface area (Å²) in [6, 6.07) is 8.37. The Bertz CT molecular complexity index is 393. The van der Waals surface area contributed by atoms with Crippen LogP contribution in [0.2, 0.25) is 0 Å². The zero-order valence-corrected chi connectivity index (χ0v) is 11.2. The molecule has 98 valence electrons. The van der Waals surface area contributed by atoms with E-state index in [1.54, 1.807) is 7.05 Å². The van der Waals surface area contributed by atoms with Crippen molar-refractivity contribution in [1.29, 1.82) is 0 Å². The quantitative estimate of drug-likeness (QED) is 0.854. The zero-order chi connectivity index (χ0) is 13.0. The summed E-state index contributed by atoms with van der Waals surface area (Å²) in [5.41, 5.74) is 2.38. The number of rotatable bonds is 3. The smallest absolute Gasteiger partial charge is 0.227 e. The minimum Gasteiger partial charge on any atom is -0.359 e. The van der Waals surface area contributed by atoms with E-state index < -0.39 is 0 Å². The topological polar surface area (TPSA) is 41.1 Å². The van der Waals surface area contributed by atoms with Crippen LogP contribution in [0.5, 0.6) is 0 Å². The second kappa shape index (κ2) is 6.01. The highest BCUT2D eigenvalue weighted by Crippen LogP contribution is 2.31. The molecule has 0 aromatic heterocycles. The summed E-state index contributed by atoms with van der Waals surface area (Å²) in [5, 5.41) is 6.17. The number of likely N-dealkylation sites (N-methyl/N-ethyl adjacent to an activating group) is 1. The molecule has 1 fully saturated rings. The lowest BCUT2D eigenvalue weighted by Crippen LogP contribution is -2.37. The molecule has 1 atom stereocenters. The first-order valence-corrected chi connectivity index (χ1v) is 6.71. The lowest BCUT2D eigenvalue weighted by molar-refractivity contribution is -0.123. The van der Waals surface area contributed by atoms with Gasteiger partial charge in [0.1, 0.15) is 0 Å². The third-order valence-electron chi connectivity index (χ3n) is 3.82. The molecular weight excluding hydrogens is 224 g/mol. The van der Waals surface area contributed by atoms with Crippen LogP contribution in [-0.4, -0.2) is 26.0 Å². The van der Waals surface area contributed by atoms with Crippen LogP contribution in [0.25, 0.3) is 0 Å². The number of amides is 1. The Morgan fingerprint density at radius 1 is 1.28 bits per heavy atom. The zero-order valence-electron chi connectivity index (χ0n) is 11.2. The molecule has 18 heavy (non-hydrogen) atoms. The van der Waals surface area contributed by atoms with Crippen LogP contribution >= 0.6 is 0 Å². The van der Waals surface area contributed by atoms with Gasteiger partial charge in [-0.3, -0.25) is 4.79 Å². The molecule has 1 aromatic rings. The lowest BCUT2D eigenvalue weighted by Gasteiger charge is -2.30. The van der Waals surface area contributed by atoms with E-state index in [9.17, 15) is 4.79 Å². The fourth-order valence-corrected chi connectivity index (χ4v) is 2.74. The molecule has 1 amide bonds. The van der Waals surface area contributed by atoms with Gasteiger partial charge in [0, 0.05) is 7.05 Å². The van der Waals surface area contributed by atoms with E-state index in [0.29, 0.717) is 5.92 Å². The van der Waals surface area contributed by atoms with E-state index in [2.05, 4.69) is 41.8 Å². The monoisotopic (exact) mass is 246 g/mol. The van der Waals surface area contributed by atoms with Crippen molar-refractivity contribution in [2.45, 2.75) is 25.7 Å². The number of carbonyl (C=O) groups is 1. The fraction of sp³-hybridized carbons (Fsp3) is 0.533. The maximum absolute atomic E-state index is 12.2. The molecule has 1 aliphatic heterocycles. The molecule has 0 saturated carbocycles. The molecule has 3 nitrogen and oxygen atoms in total. The predicted octanol–water partition coefficient (Wildman–Crippen LogP) is 1.82. The molecule has 2 rings (SSSR count). The van der Waals surface area contributed by atoms with E-state index in [1.165, 1.54) is 5.56 Å². The predicted molar refractivity (Wildman–Crippen MR) is 73.6 cm³/mol. The van der Waals surface area contributed by atoms with Gasteiger partial charge in [0.05, 0.1) is 5.92 Å². The van der Waals surface area contributed by atoms with Gasteiger partial charge in [0.2, 0.25) is 5.91 Å². The summed E-state index contributed by atoms with van der Waals surface area (Å²) in [4.78, 5) is 12.2. The summed E-state index contributed by atoms with van der Waals surface area (Å²) in [6.07, 6.45) is 2.15. The SMILES string of the molecule is CNC(=O)C(c1ccc(C)cc1)C1CCNCC1. The van der Waals surface area contributed by atoms with Crippen molar-refractivity contribution in [3.8, 4) is 0 Å². The molecule has 1 aliphatic rings. The van der Waals surface area contributed by atoms with Crippen molar-refractivity contribution in [2.75, 3.05) is 20.1 Å². The maximum Gasteiger partial charge on any atom is 0.227 e. The van der Waals surface area contributed by atoms with Gasteiger partial charge in [-0.25, -0.2) is 0 Å².